The van der Waals surface area contributed by atoms with Crippen LogP contribution >= 0.6 is 11.8 Å². The number of anilines is 1. The SMILES string of the molecule is O=C(Nc1ccccc1CN1CCOCC1)c1ccc(CSc2ncn[nH]2)cc1. The van der Waals surface area contributed by atoms with Crippen LogP contribution in [-0.4, -0.2) is 52.3 Å². The minimum Gasteiger partial charge on any atom is -0.379 e. The molecule has 150 valence electrons. The Morgan fingerprint density at radius 1 is 1.14 bits per heavy atom. The number of thioether (sulfide) groups is 1. The molecule has 0 saturated carbocycles. The highest BCUT2D eigenvalue weighted by Gasteiger charge is 2.14. The highest BCUT2D eigenvalue weighted by atomic mass is 32.2. The van der Waals surface area contributed by atoms with Gasteiger partial charge in [0, 0.05) is 36.6 Å². The van der Waals surface area contributed by atoms with Gasteiger partial charge in [-0.15, -0.1) is 0 Å². The Hall–Kier alpha value is -2.68. The van der Waals surface area contributed by atoms with Crippen molar-refractivity contribution in [3.63, 3.8) is 0 Å². The van der Waals surface area contributed by atoms with Gasteiger partial charge < -0.3 is 10.1 Å². The number of rotatable bonds is 7. The van der Waals surface area contributed by atoms with E-state index < -0.39 is 0 Å². The summed E-state index contributed by atoms with van der Waals surface area (Å²) in [6.45, 7) is 4.15. The zero-order valence-corrected chi connectivity index (χ0v) is 16.8. The molecule has 0 aliphatic carbocycles. The van der Waals surface area contributed by atoms with Crippen molar-refractivity contribution in [3.8, 4) is 0 Å². The van der Waals surface area contributed by atoms with E-state index in [1.54, 1.807) is 11.8 Å². The largest absolute Gasteiger partial charge is 0.379 e. The van der Waals surface area contributed by atoms with E-state index in [0.29, 0.717) is 5.56 Å². The number of nitrogens with one attached hydrogen (secondary N) is 2. The van der Waals surface area contributed by atoms with E-state index in [-0.39, 0.29) is 5.91 Å². The monoisotopic (exact) mass is 409 g/mol. The van der Waals surface area contributed by atoms with Gasteiger partial charge in [-0.05, 0) is 29.3 Å². The molecule has 1 amide bonds. The van der Waals surface area contributed by atoms with E-state index in [2.05, 4.69) is 31.5 Å². The van der Waals surface area contributed by atoms with Crippen molar-refractivity contribution >= 4 is 23.4 Å². The van der Waals surface area contributed by atoms with Crippen molar-refractivity contribution in [3.05, 3.63) is 71.5 Å². The zero-order chi connectivity index (χ0) is 19.9. The molecule has 2 aromatic carbocycles. The predicted octanol–water partition coefficient (Wildman–Crippen LogP) is 3.18. The second-order valence-corrected chi connectivity index (χ2v) is 7.74. The third kappa shape index (κ3) is 5.44. The van der Waals surface area contributed by atoms with Gasteiger partial charge in [-0.25, -0.2) is 4.98 Å². The molecule has 3 aromatic rings. The number of H-pyrrole nitrogens is 1. The van der Waals surface area contributed by atoms with Crippen LogP contribution < -0.4 is 5.32 Å². The van der Waals surface area contributed by atoms with Gasteiger partial charge in [0.15, 0.2) is 5.16 Å². The third-order valence-electron chi connectivity index (χ3n) is 4.75. The molecule has 2 N–H and O–H groups in total. The number of nitrogens with zero attached hydrogens (tertiary/aromatic N) is 3. The van der Waals surface area contributed by atoms with Crippen molar-refractivity contribution in [2.45, 2.75) is 17.5 Å². The van der Waals surface area contributed by atoms with Crippen LogP contribution in [0.2, 0.25) is 0 Å². The van der Waals surface area contributed by atoms with E-state index in [1.165, 1.54) is 6.33 Å². The standard InChI is InChI=1S/C21H23N5O2S/c27-20(17-7-5-16(6-8-17)14-29-21-22-15-23-25-21)24-19-4-2-1-3-18(19)13-26-9-11-28-12-10-26/h1-8,15H,9-14H2,(H,24,27)(H,22,23,25). The van der Waals surface area contributed by atoms with Crippen LogP contribution in [0.5, 0.6) is 0 Å². The van der Waals surface area contributed by atoms with Gasteiger partial charge in [0.1, 0.15) is 6.33 Å². The first-order chi connectivity index (χ1) is 14.3. The van der Waals surface area contributed by atoms with Crippen molar-refractivity contribution in [2.75, 3.05) is 31.6 Å². The van der Waals surface area contributed by atoms with Gasteiger partial charge >= 0.3 is 0 Å². The number of benzene rings is 2. The number of carbonyl (C=O) groups is 1. The van der Waals surface area contributed by atoms with Crippen molar-refractivity contribution in [2.24, 2.45) is 0 Å². The Balaban J connectivity index is 1.37. The molecule has 2 heterocycles. The molecular weight excluding hydrogens is 386 g/mol. The molecule has 0 unspecified atom stereocenters. The fourth-order valence-corrected chi connectivity index (χ4v) is 3.88. The van der Waals surface area contributed by atoms with E-state index in [9.17, 15) is 4.79 Å². The number of ether oxygens (including phenoxy) is 1. The topological polar surface area (TPSA) is 83.1 Å². The molecule has 0 radical (unpaired) electrons. The Kier molecular flexibility index (Phi) is 6.56. The lowest BCUT2D eigenvalue weighted by atomic mass is 10.1. The summed E-state index contributed by atoms with van der Waals surface area (Å²) in [5.74, 6) is 0.660. The van der Waals surface area contributed by atoms with Gasteiger partial charge in [0.25, 0.3) is 5.91 Å². The minimum absolute atomic E-state index is 0.103. The van der Waals surface area contributed by atoms with Crippen molar-refractivity contribution < 1.29 is 9.53 Å². The van der Waals surface area contributed by atoms with Crippen LogP contribution in [0.25, 0.3) is 0 Å². The molecule has 8 heteroatoms. The Morgan fingerprint density at radius 3 is 2.69 bits per heavy atom. The molecule has 1 fully saturated rings. The fraction of sp³-hybridized carbons (Fsp3) is 0.286. The maximum Gasteiger partial charge on any atom is 0.255 e. The van der Waals surface area contributed by atoms with Crippen LogP contribution in [0.15, 0.2) is 60.0 Å². The van der Waals surface area contributed by atoms with Gasteiger partial charge in [0.2, 0.25) is 0 Å². The highest BCUT2D eigenvalue weighted by Crippen LogP contribution is 2.21. The first-order valence-corrected chi connectivity index (χ1v) is 10.5. The van der Waals surface area contributed by atoms with Gasteiger partial charge in [-0.3, -0.25) is 14.8 Å². The summed E-state index contributed by atoms with van der Waals surface area (Å²) in [5, 5.41) is 10.5. The van der Waals surface area contributed by atoms with Crippen LogP contribution in [0, 0.1) is 0 Å². The van der Waals surface area contributed by atoms with Crippen molar-refractivity contribution in [1.29, 1.82) is 0 Å². The average Bonchev–Trinajstić information content (AvgIpc) is 3.28. The second kappa shape index (κ2) is 9.69. The molecular formula is C21H23N5O2S. The Morgan fingerprint density at radius 2 is 1.93 bits per heavy atom. The zero-order valence-electron chi connectivity index (χ0n) is 16.0. The molecule has 1 aliphatic rings. The molecule has 1 saturated heterocycles. The Bertz CT molecular complexity index is 925. The number of hydrogen-bond acceptors (Lipinski definition) is 6. The quantitative estimate of drug-likeness (QED) is 0.583. The predicted molar refractivity (Wildman–Crippen MR) is 113 cm³/mol. The lowest BCUT2D eigenvalue weighted by Crippen LogP contribution is -2.35. The molecule has 0 bridgehead atoms. The van der Waals surface area contributed by atoms with E-state index in [4.69, 9.17) is 4.74 Å². The van der Waals surface area contributed by atoms with Gasteiger partial charge in [0.05, 0.1) is 13.2 Å². The summed E-state index contributed by atoms with van der Waals surface area (Å²) in [7, 11) is 0. The minimum atomic E-state index is -0.103. The molecule has 1 aliphatic heterocycles. The summed E-state index contributed by atoms with van der Waals surface area (Å²) in [6.07, 6.45) is 1.49. The Labute approximate surface area is 173 Å². The first kappa shape index (κ1) is 19.6. The lowest BCUT2D eigenvalue weighted by molar-refractivity contribution is 0.0342. The molecule has 0 atom stereocenters. The maximum atomic E-state index is 12.7. The lowest BCUT2D eigenvalue weighted by Gasteiger charge is -2.27. The van der Waals surface area contributed by atoms with E-state index in [0.717, 1.165) is 60.6 Å². The summed E-state index contributed by atoms with van der Waals surface area (Å²) >= 11 is 1.57. The molecule has 1 aromatic heterocycles. The summed E-state index contributed by atoms with van der Waals surface area (Å²) in [6, 6.07) is 15.6. The van der Waals surface area contributed by atoms with Crippen LogP contribution in [0.4, 0.5) is 5.69 Å². The second-order valence-electron chi connectivity index (χ2n) is 6.78. The number of hydrogen-bond donors (Lipinski definition) is 2. The molecule has 4 rings (SSSR count). The summed E-state index contributed by atoms with van der Waals surface area (Å²) in [5.41, 5.74) is 3.73. The normalized spacial score (nSPS) is 14.6. The van der Waals surface area contributed by atoms with Crippen LogP contribution in [0.1, 0.15) is 21.5 Å². The van der Waals surface area contributed by atoms with Crippen molar-refractivity contribution in [1.82, 2.24) is 20.1 Å². The summed E-state index contributed by atoms with van der Waals surface area (Å²) < 4.78 is 5.42. The van der Waals surface area contributed by atoms with Crippen LogP contribution in [-0.2, 0) is 17.0 Å². The van der Waals surface area contributed by atoms with E-state index >= 15 is 0 Å². The number of carbonyl (C=O) groups excluding carboxylic acids is 1. The van der Waals surface area contributed by atoms with Crippen LogP contribution in [0.3, 0.4) is 0 Å². The molecule has 29 heavy (non-hydrogen) atoms. The van der Waals surface area contributed by atoms with Gasteiger partial charge in [-0.1, -0.05) is 42.1 Å². The number of morpholine rings is 1. The smallest absolute Gasteiger partial charge is 0.255 e. The number of para-hydroxylation sites is 1. The number of aromatic amines is 1. The molecule has 0 spiro atoms. The molecule has 7 nitrogen and oxygen atoms in total. The third-order valence-corrected chi connectivity index (χ3v) is 5.70. The first-order valence-electron chi connectivity index (χ1n) is 9.54. The number of amides is 1. The van der Waals surface area contributed by atoms with E-state index in [1.807, 2.05) is 42.5 Å². The average molecular weight is 410 g/mol. The maximum absolute atomic E-state index is 12.7. The van der Waals surface area contributed by atoms with Gasteiger partial charge in [-0.2, -0.15) is 5.10 Å². The fourth-order valence-electron chi connectivity index (χ4n) is 3.14. The number of aromatic nitrogens is 3. The highest BCUT2D eigenvalue weighted by molar-refractivity contribution is 7.98. The summed E-state index contributed by atoms with van der Waals surface area (Å²) in [4.78, 5) is 19.2.